The van der Waals surface area contributed by atoms with E-state index >= 15 is 0 Å². The van der Waals surface area contributed by atoms with Gasteiger partial charge in [0.15, 0.2) is 0 Å². The average molecular weight is 489 g/mol. The Morgan fingerprint density at radius 3 is 1.57 bits per heavy atom. The molecule has 0 amide bonds. The third-order valence-corrected chi connectivity index (χ3v) is 7.62. The Morgan fingerprint density at radius 1 is 0.405 bits per heavy atom. The molecule has 0 heteroatoms. The van der Waals surface area contributed by atoms with Gasteiger partial charge >= 0.3 is 0 Å². The first-order chi connectivity index (χ1) is 18.2. The monoisotopic (exact) mass is 488 g/mol. The van der Waals surface area contributed by atoms with Crippen molar-refractivity contribution in [2.45, 2.75) is 85.5 Å². The van der Waals surface area contributed by atoms with Crippen molar-refractivity contribution in [1.82, 2.24) is 0 Å². The zero-order valence-electron chi connectivity index (χ0n) is 23.4. The number of rotatable bonds is 12. The molecular formula is C37H44. The summed E-state index contributed by atoms with van der Waals surface area (Å²) < 4.78 is 0. The average Bonchev–Trinajstić information content (AvgIpc) is 2.94. The lowest BCUT2D eigenvalue weighted by Crippen LogP contribution is -1.96. The summed E-state index contributed by atoms with van der Waals surface area (Å²) in [6.07, 6.45) is 10.8. The molecule has 0 aliphatic heterocycles. The first kappa shape index (κ1) is 26.9. The predicted octanol–water partition coefficient (Wildman–Crippen LogP) is 10.9. The van der Waals surface area contributed by atoms with Crippen LogP contribution in [0.4, 0.5) is 0 Å². The van der Waals surface area contributed by atoms with E-state index in [1.165, 1.54) is 94.2 Å². The van der Waals surface area contributed by atoms with E-state index in [0.717, 1.165) is 19.3 Å². The van der Waals surface area contributed by atoms with Crippen molar-refractivity contribution in [1.29, 1.82) is 0 Å². The Hall–Kier alpha value is -3.12. The fourth-order valence-corrected chi connectivity index (χ4v) is 5.47. The normalized spacial score (nSPS) is 11.1. The van der Waals surface area contributed by atoms with Crippen LogP contribution in [0.2, 0.25) is 0 Å². The molecule has 0 nitrogen and oxygen atoms in total. The van der Waals surface area contributed by atoms with Gasteiger partial charge in [-0.2, -0.15) is 0 Å². The Kier molecular flexibility index (Phi) is 9.78. The summed E-state index contributed by atoms with van der Waals surface area (Å²) in [5, 5.41) is 0. The van der Waals surface area contributed by atoms with Crippen molar-refractivity contribution in [2.75, 3.05) is 0 Å². The summed E-state index contributed by atoms with van der Waals surface area (Å²) in [6.45, 7) is 9.09. The summed E-state index contributed by atoms with van der Waals surface area (Å²) in [5.41, 5.74) is 13.8. The van der Waals surface area contributed by atoms with Crippen LogP contribution in [0.1, 0.15) is 82.1 Å². The van der Waals surface area contributed by atoms with Gasteiger partial charge in [-0.05, 0) is 87.7 Å². The number of hydrogen-bond acceptors (Lipinski definition) is 0. The van der Waals surface area contributed by atoms with Crippen LogP contribution < -0.4 is 0 Å². The van der Waals surface area contributed by atoms with Crippen LogP contribution in [-0.4, -0.2) is 0 Å². The molecule has 4 aromatic carbocycles. The lowest BCUT2D eigenvalue weighted by Gasteiger charge is -2.15. The lowest BCUT2D eigenvalue weighted by molar-refractivity contribution is 0.717. The second-order valence-electron chi connectivity index (χ2n) is 10.4. The minimum absolute atomic E-state index is 1.10. The molecule has 0 aromatic heterocycles. The Labute approximate surface area is 225 Å². The van der Waals surface area contributed by atoms with Crippen molar-refractivity contribution in [3.63, 3.8) is 0 Å². The van der Waals surface area contributed by atoms with Gasteiger partial charge in [0.25, 0.3) is 0 Å². The molecule has 0 bridgehead atoms. The molecule has 0 radical (unpaired) electrons. The van der Waals surface area contributed by atoms with Gasteiger partial charge in [0, 0.05) is 0 Å². The number of unbranched alkanes of at least 4 members (excludes halogenated alkanes) is 2. The van der Waals surface area contributed by atoms with Gasteiger partial charge in [0.2, 0.25) is 0 Å². The van der Waals surface area contributed by atoms with Crippen molar-refractivity contribution in [3.8, 4) is 33.4 Å². The molecule has 0 fully saturated rings. The number of hydrogen-bond donors (Lipinski definition) is 0. The molecule has 192 valence electrons. The molecule has 0 saturated heterocycles. The van der Waals surface area contributed by atoms with Gasteiger partial charge in [0.05, 0.1) is 0 Å². The van der Waals surface area contributed by atoms with Crippen LogP contribution in [0.3, 0.4) is 0 Å². The molecule has 0 spiro atoms. The molecule has 0 aliphatic rings. The second-order valence-corrected chi connectivity index (χ2v) is 10.4. The highest BCUT2D eigenvalue weighted by atomic mass is 14.1. The summed E-state index contributed by atoms with van der Waals surface area (Å²) >= 11 is 0. The zero-order valence-corrected chi connectivity index (χ0v) is 23.4. The molecule has 0 aliphatic carbocycles. The van der Waals surface area contributed by atoms with Crippen LogP contribution in [0, 0.1) is 0 Å². The van der Waals surface area contributed by atoms with E-state index < -0.39 is 0 Å². The predicted molar refractivity (Wildman–Crippen MR) is 163 cm³/mol. The largest absolute Gasteiger partial charge is 0.0654 e. The van der Waals surface area contributed by atoms with Gasteiger partial charge in [-0.25, -0.2) is 0 Å². The molecule has 0 unspecified atom stereocenters. The highest BCUT2D eigenvalue weighted by Gasteiger charge is 2.10. The van der Waals surface area contributed by atoms with Crippen molar-refractivity contribution < 1.29 is 0 Å². The van der Waals surface area contributed by atoms with E-state index in [1.54, 1.807) is 0 Å². The Morgan fingerprint density at radius 2 is 0.946 bits per heavy atom. The van der Waals surface area contributed by atoms with Gasteiger partial charge < -0.3 is 0 Å². The minimum atomic E-state index is 1.10. The fourth-order valence-electron chi connectivity index (χ4n) is 5.47. The van der Waals surface area contributed by atoms with Crippen LogP contribution in [0.5, 0.6) is 0 Å². The van der Waals surface area contributed by atoms with Crippen molar-refractivity contribution in [3.05, 3.63) is 107 Å². The summed E-state index contributed by atoms with van der Waals surface area (Å²) in [4.78, 5) is 0. The maximum atomic E-state index is 2.43. The van der Waals surface area contributed by atoms with E-state index in [1.807, 2.05) is 0 Å². The van der Waals surface area contributed by atoms with Gasteiger partial charge in [-0.15, -0.1) is 0 Å². The second kappa shape index (κ2) is 13.4. The van der Waals surface area contributed by atoms with Crippen LogP contribution in [0.25, 0.3) is 33.4 Å². The van der Waals surface area contributed by atoms with Crippen LogP contribution in [0.15, 0.2) is 84.9 Å². The molecule has 4 aromatic rings. The smallest absolute Gasteiger partial charge is 0.0151 e. The number of benzene rings is 4. The third-order valence-electron chi connectivity index (χ3n) is 7.62. The summed E-state index contributed by atoms with van der Waals surface area (Å²) in [7, 11) is 0. The molecule has 37 heavy (non-hydrogen) atoms. The SMILES string of the molecule is CCCCCc1ccc(-c2ccc(-c3ccc(-c4ccc(CCC)c(CC)c4)c(CCC)c3)cc2)cc1. The third kappa shape index (κ3) is 6.80. The molecule has 0 heterocycles. The summed E-state index contributed by atoms with van der Waals surface area (Å²) in [5.74, 6) is 0. The van der Waals surface area contributed by atoms with Gasteiger partial charge in [-0.3, -0.25) is 0 Å². The van der Waals surface area contributed by atoms with E-state index in [2.05, 4.69) is 113 Å². The van der Waals surface area contributed by atoms with Crippen LogP contribution >= 0.6 is 0 Å². The molecule has 0 atom stereocenters. The zero-order chi connectivity index (χ0) is 26.0. The topological polar surface area (TPSA) is 0 Å². The molecular weight excluding hydrogens is 444 g/mol. The van der Waals surface area contributed by atoms with Crippen LogP contribution in [-0.2, 0) is 25.7 Å². The van der Waals surface area contributed by atoms with E-state index in [-0.39, 0.29) is 0 Å². The number of aryl methyl sites for hydroxylation is 4. The first-order valence-electron chi connectivity index (χ1n) is 14.6. The molecule has 4 rings (SSSR count). The van der Waals surface area contributed by atoms with Gasteiger partial charge in [-0.1, -0.05) is 138 Å². The van der Waals surface area contributed by atoms with Gasteiger partial charge in [0.1, 0.15) is 0 Å². The molecule has 0 saturated carbocycles. The fraction of sp³-hybridized carbons (Fsp3) is 0.351. The highest BCUT2D eigenvalue weighted by Crippen LogP contribution is 2.32. The molecule has 0 N–H and O–H groups in total. The standard InChI is InChI=1S/C37H44/c1-5-9-10-13-28-14-16-31(17-15-28)32-18-20-33(21-19-32)34-24-25-37(35(27-34)12-7-3)36-23-22-30(11-6-2)29(8-4)26-36/h14-27H,5-13H2,1-4H3. The first-order valence-corrected chi connectivity index (χ1v) is 14.6. The lowest BCUT2D eigenvalue weighted by atomic mass is 9.90. The van der Waals surface area contributed by atoms with Crippen molar-refractivity contribution >= 4 is 0 Å². The Bertz CT molecular complexity index is 1260. The Balaban J connectivity index is 1.56. The van der Waals surface area contributed by atoms with Crippen molar-refractivity contribution in [2.24, 2.45) is 0 Å². The minimum Gasteiger partial charge on any atom is -0.0654 e. The quantitative estimate of drug-likeness (QED) is 0.174. The van der Waals surface area contributed by atoms with E-state index in [0.29, 0.717) is 0 Å². The maximum absolute atomic E-state index is 2.43. The maximum Gasteiger partial charge on any atom is -0.0151 e. The van der Waals surface area contributed by atoms with E-state index in [4.69, 9.17) is 0 Å². The highest BCUT2D eigenvalue weighted by molar-refractivity contribution is 5.76. The summed E-state index contributed by atoms with van der Waals surface area (Å²) in [6, 6.07) is 32.5. The van der Waals surface area contributed by atoms with E-state index in [9.17, 15) is 0 Å².